The highest BCUT2D eigenvalue weighted by molar-refractivity contribution is 7.90. The molecule has 0 bridgehead atoms. The van der Waals surface area contributed by atoms with Crippen LogP contribution in [0.25, 0.3) is 0 Å². The Hall–Kier alpha value is -0.130. The Kier molecular flexibility index (Phi) is 2.75. The molecule has 1 rings (SSSR count). The van der Waals surface area contributed by atoms with Crippen LogP contribution >= 0.6 is 0 Å². The maximum atomic E-state index is 11.3. The van der Waals surface area contributed by atoms with E-state index in [4.69, 9.17) is 5.11 Å². The Morgan fingerprint density at radius 2 is 2.17 bits per heavy atom. The normalized spacial score (nSPS) is 31.6. The van der Waals surface area contributed by atoms with Crippen LogP contribution in [-0.4, -0.2) is 31.4 Å². The molecule has 0 aromatic carbocycles. The van der Waals surface area contributed by atoms with E-state index < -0.39 is 15.3 Å². The van der Waals surface area contributed by atoms with E-state index in [0.717, 1.165) is 6.42 Å². The van der Waals surface area contributed by atoms with Crippen LogP contribution in [0.1, 0.15) is 20.3 Å². The molecule has 0 aromatic heterocycles. The van der Waals surface area contributed by atoms with Crippen molar-refractivity contribution < 1.29 is 13.5 Å². The van der Waals surface area contributed by atoms with E-state index in [0.29, 0.717) is 5.92 Å². The first-order chi connectivity index (χ1) is 5.47. The largest absolute Gasteiger partial charge is 0.395 e. The Bertz CT molecular complexity index is 249. The third kappa shape index (κ3) is 2.18. The minimum Gasteiger partial charge on any atom is -0.395 e. The molecule has 0 radical (unpaired) electrons. The molecule has 0 aliphatic heterocycles. The molecular weight excluding hydrogens is 178 g/mol. The Morgan fingerprint density at radius 3 is 2.50 bits per heavy atom. The van der Waals surface area contributed by atoms with Crippen molar-refractivity contribution in [3.8, 4) is 0 Å². The Morgan fingerprint density at radius 1 is 1.67 bits per heavy atom. The monoisotopic (exact) mass is 193 g/mol. The maximum Gasteiger partial charge on any atom is 0.216 e. The second-order valence-corrected chi connectivity index (χ2v) is 5.61. The first-order valence-corrected chi connectivity index (χ1v) is 5.64. The van der Waals surface area contributed by atoms with Gasteiger partial charge in [0.2, 0.25) is 10.0 Å². The molecule has 0 heterocycles. The summed E-state index contributed by atoms with van der Waals surface area (Å²) in [6, 6.07) is 0.101. The van der Waals surface area contributed by atoms with Gasteiger partial charge in [0, 0.05) is 6.04 Å². The molecule has 1 aliphatic carbocycles. The van der Waals surface area contributed by atoms with Gasteiger partial charge in [0.15, 0.2) is 0 Å². The van der Waals surface area contributed by atoms with Crippen LogP contribution in [-0.2, 0) is 10.0 Å². The van der Waals surface area contributed by atoms with Crippen LogP contribution in [0.3, 0.4) is 0 Å². The average molecular weight is 193 g/mol. The van der Waals surface area contributed by atoms with E-state index in [1.807, 2.05) is 6.92 Å². The summed E-state index contributed by atoms with van der Waals surface area (Å²) in [6.07, 6.45) is 0.914. The van der Waals surface area contributed by atoms with Gasteiger partial charge in [0.25, 0.3) is 0 Å². The molecule has 0 amide bonds. The van der Waals surface area contributed by atoms with E-state index in [1.165, 1.54) is 6.92 Å². The molecule has 1 fully saturated rings. The molecule has 0 aromatic rings. The van der Waals surface area contributed by atoms with Crippen LogP contribution in [0.4, 0.5) is 0 Å². The number of aliphatic hydroxyl groups excluding tert-OH is 1. The fourth-order valence-electron chi connectivity index (χ4n) is 0.912. The lowest BCUT2D eigenvalue weighted by Crippen LogP contribution is -2.36. The molecule has 5 heteroatoms. The van der Waals surface area contributed by atoms with Crippen LogP contribution in [0.2, 0.25) is 0 Å². The first kappa shape index (κ1) is 9.95. The van der Waals surface area contributed by atoms with E-state index in [2.05, 4.69) is 4.72 Å². The summed E-state index contributed by atoms with van der Waals surface area (Å²) in [6.45, 7) is 3.17. The van der Waals surface area contributed by atoms with Crippen molar-refractivity contribution in [1.82, 2.24) is 4.72 Å². The Balaban J connectivity index is 2.49. The minimum atomic E-state index is -3.28. The molecule has 12 heavy (non-hydrogen) atoms. The number of hydrogen-bond donors (Lipinski definition) is 2. The summed E-state index contributed by atoms with van der Waals surface area (Å²) in [4.78, 5) is 0. The maximum absolute atomic E-state index is 11.3. The van der Waals surface area contributed by atoms with Crippen molar-refractivity contribution in [3.05, 3.63) is 0 Å². The molecule has 3 atom stereocenters. The van der Waals surface area contributed by atoms with Crippen LogP contribution < -0.4 is 4.72 Å². The predicted octanol–water partition coefficient (Wildman–Crippen LogP) is -0.305. The number of hydrogen-bond acceptors (Lipinski definition) is 3. The van der Waals surface area contributed by atoms with Crippen molar-refractivity contribution in [2.24, 2.45) is 5.92 Å². The number of aliphatic hydroxyl groups is 1. The zero-order chi connectivity index (χ0) is 9.35. The zero-order valence-corrected chi connectivity index (χ0v) is 8.13. The molecule has 1 aliphatic rings. The molecule has 0 spiro atoms. The van der Waals surface area contributed by atoms with E-state index in [1.54, 1.807) is 0 Å². The molecule has 1 saturated carbocycles. The molecule has 72 valence electrons. The van der Waals surface area contributed by atoms with E-state index in [-0.39, 0.29) is 12.6 Å². The van der Waals surface area contributed by atoms with Gasteiger partial charge in [-0.3, -0.25) is 0 Å². The summed E-state index contributed by atoms with van der Waals surface area (Å²) in [5.41, 5.74) is 0. The van der Waals surface area contributed by atoms with Gasteiger partial charge in [-0.05, 0) is 19.3 Å². The topological polar surface area (TPSA) is 66.4 Å². The van der Waals surface area contributed by atoms with E-state index >= 15 is 0 Å². The fourth-order valence-corrected chi connectivity index (χ4v) is 2.09. The lowest BCUT2D eigenvalue weighted by atomic mass is 10.5. The van der Waals surface area contributed by atoms with Crippen LogP contribution in [0.15, 0.2) is 0 Å². The minimum absolute atomic E-state index is 0.101. The summed E-state index contributed by atoms with van der Waals surface area (Å²) in [5.74, 6) is 0.450. The fraction of sp³-hybridized carbons (Fsp3) is 1.00. The predicted molar refractivity (Wildman–Crippen MR) is 46.2 cm³/mol. The van der Waals surface area contributed by atoms with Gasteiger partial charge in [-0.1, -0.05) is 6.92 Å². The molecule has 2 N–H and O–H groups in total. The van der Waals surface area contributed by atoms with Gasteiger partial charge in [-0.15, -0.1) is 0 Å². The zero-order valence-electron chi connectivity index (χ0n) is 7.32. The van der Waals surface area contributed by atoms with Crippen molar-refractivity contribution in [1.29, 1.82) is 0 Å². The highest BCUT2D eigenvalue weighted by Gasteiger charge is 2.37. The lowest BCUT2D eigenvalue weighted by molar-refractivity contribution is 0.294. The van der Waals surface area contributed by atoms with E-state index in [9.17, 15) is 8.42 Å². The SMILES string of the molecule is CC1CC1NS(=O)(=O)C(C)CO. The van der Waals surface area contributed by atoms with Gasteiger partial charge >= 0.3 is 0 Å². The van der Waals surface area contributed by atoms with Crippen molar-refractivity contribution in [2.75, 3.05) is 6.61 Å². The van der Waals surface area contributed by atoms with Crippen molar-refractivity contribution in [3.63, 3.8) is 0 Å². The third-order valence-corrected chi connectivity index (χ3v) is 4.05. The lowest BCUT2D eigenvalue weighted by Gasteiger charge is -2.10. The number of sulfonamides is 1. The Labute approximate surface area is 73.0 Å². The summed E-state index contributed by atoms with van der Waals surface area (Å²) < 4.78 is 25.1. The summed E-state index contributed by atoms with van der Waals surface area (Å²) in [7, 11) is -3.28. The van der Waals surface area contributed by atoms with Crippen molar-refractivity contribution >= 4 is 10.0 Å². The summed E-state index contributed by atoms with van der Waals surface area (Å²) >= 11 is 0. The molecule has 3 unspecified atom stereocenters. The number of nitrogens with one attached hydrogen (secondary N) is 1. The number of rotatable bonds is 4. The van der Waals surface area contributed by atoms with Gasteiger partial charge in [-0.2, -0.15) is 0 Å². The summed E-state index contributed by atoms with van der Waals surface area (Å²) in [5, 5.41) is 7.95. The van der Waals surface area contributed by atoms with Gasteiger partial charge in [0.1, 0.15) is 0 Å². The highest BCUT2D eigenvalue weighted by Crippen LogP contribution is 2.29. The van der Waals surface area contributed by atoms with Gasteiger partial charge in [0.05, 0.1) is 11.9 Å². The second kappa shape index (κ2) is 3.32. The quantitative estimate of drug-likeness (QED) is 0.644. The van der Waals surface area contributed by atoms with Crippen LogP contribution in [0.5, 0.6) is 0 Å². The van der Waals surface area contributed by atoms with Crippen LogP contribution in [0, 0.1) is 5.92 Å². The molecule has 0 saturated heterocycles. The second-order valence-electron chi connectivity index (χ2n) is 3.48. The third-order valence-electron chi connectivity index (χ3n) is 2.21. The highest BCUT2D eigenvalue weighted by atomic mass is 32.2. The molecule has 4 nitrogen and oxygen atoms in total. The molecular formula is C7H15NO3S. The first-order valence-electron chi connectivity index (χ1n) is 4.09. The standard InChI is InChI=1S/C7H15NO3S/c1-5-3-7(5)8-12(10,11)6(2)4-9/h5-9H,3-4H2,1-2H3. The van der Waals surface area contributed by atoms with Crippen molar-refractivity contribution in [2.45, 2.75) is 31.6 Å². The van der Waals surface area contributed by atoms with Gasteiger partial charge in [-0.25, -0.2) is 13.1 Å². The smallest absolute Gasteiger partial charge is 0.216 e. The average Bonchev–Trinajstić information content (AvgIpc) is 2.63. The van der Waals surface area contributed by atoms with Gasteiger partial charge < -0.3 is 5.11 Å².